The summed E-state index contributed by atoms with van der Waals surface area (Å²) in [6.45, 7) is 2.10. The number of carbonyl (C=O) groups excluding carboxylic acids is 1. The van der Waals surface area contributed by atoms with E-state index >= 15 is 0 Å². The summed E-state index contributed by atoms with van der Waals surface area (Å²) in [7, 11) is 0. The number of imidazole rings is 1. The number of pyridine rings is 1. The van der Waals surface area contributed by atoms with Crippen LogP contribution in [0.4, 0.5) is 0 Å². The standard InChI is InChI=1S/C14H16N4O/c19-13(17-8-3-4-9-17)11-18-10-7-16-14(18)12-5-1-2-6-15-12/h1-2,5-7,10H,3-4,8-9,11H2. The zero-order valence-electron chi connectivity index (χ0n) is 10.7. The van der Waals surface area contributed by atoms with Crippen molar-refractivity contribution in [1.29, 1.82) is 0 Å². The molecule has 0 N–H and O–H groups in total. The quantitative estimate of drug-likeness (QED) is 0.837. The Labute approximate surface area is 111 Å². The van der Waals surface area contributed by atoms with E-state index in [0.29, 0.717) is 6.54 Å². The summed E-state index contributed by atoms with van der Waals surface area (Å²) in [6, 6.07) is 5.69. The van der Waals surface area contributed by atoms with Crippen molar-refractivity contribution in [3.8, 4) is 11.5 Å². The molecule has 1 aliphatic heterocycles. The summed E-state index contributed by atoms with van der Waals surface area (Å²) in [5, 5.41) is 0. The normalized spacial score (nSPS) is 14.8. The molecule has 0 bridgehead atoms. The van der Waals surface area contributed by atoms with Crippen LogP contribution in [0.2, 0.25) is 0 Å². The summed E-state index contributed by atoms with van der Waals surface area (Å²) >= 11 is 0. The third kappa shape index (κ3) is 2.50. The molecule has 0 aromatic carbocycles. The van der Waals surface area contributed by atoms with E-state index in [1.165, 1.54) is 0 Å². The SMILES string of the molecule is O=C(Cn1ccnc1-c1ccccn1)N1CCCC1. The van der Waals surface area contributed by atoms with E-state index < -0.39 is 0 Å². The average Bonchev–Trinajstić information content (AvgIpc) is 3.11. The molecule has 1 amide bonds. The number of hydrogen-bond acceptors (Lipinski definition) is 3. The van der Waals surface area contributed by atoms with Gasteiger partial charge in [-0.1, -0.05) is 6.07 Å². The molecule has 0 spiro atoms. The molecule has 2 aromatic rings. The van der Waals surface area contributed by atoms with Gasteiger partial charge in [-0.15, -0.1) is 0 Å². The predicted octanol–water partition coefficient (Wildman–Crippen LogP) is 1.57. The third-order valence-electron chi connectivity index (χ3n) is 3.37. The monoisotopic (exact) mass is 256 g/mol. The molecule has 3 rings (SSSR count). The average molecular weight is 256 g/mol. The Balaban J connectivity index is 1.79. The summed E-state index contributed by atoms with van der Waals surface area (Å²) in [5.74, 6) is 0.904. The first-order chi connectivity index (χ1) is 9.34. The highest BCUT2D eigenvalue weighted by Gasteiger charge is 2.19. The molecule has 3 heterocycles. The van der Waals surface area contributed by atoms with Crippen molar-refractivity contribution in [3.05, 3.63) is 36.8 Å². The second-order valence-corrected chi connectivity index (χ2v) is 4.68. The molecule has 1 saturated heterocycles. The van der Waals surface area contributed by atoms with Gasteiger partial charge in [0.2, 0.25) is 5.91 Å². The number of likely N-dealkylation sites (tertiary alicyclic amines) is 1. The van der Waals surface area contributed by atoms with E-state index in [0.717, 1.165) is 37.4 Å². The second kappa shape index (κ2) is 5.22. The van der Waals surface area contributed by atoms with Crippen LogP contribution in [0.15, 0.2) is 36.8 Å². The first kappa shape index (κ1) is 11.9. The van der Waals surface area contributed by atoms with E-state index in [1.807, 2.05) is 33.9 Å². The molecule has 98 valence electrons. The predicted molar refractivity (Wildman–Crippen MR) is 71.3 cm³/mol. The Kier molecular flexibility index (Phi) is 3.27. The van der Waals surface area contributed by atoms with Gasteiger partial charge in [0.1, 0.15) is 12.2 Å². The van der Waals surface area contributed by atoms with E-state index in [9.17, 15) is 4.79 Å². The number of hydrogen-bond donors (Lipinski definition) is 0. The van der Waals surface area contributed by atoms with Crippen LogP contribution in [0.1, 0.15) is 12.8 Å². The van der Waals surface area contributed by atoms with Crippen molar-refractivity contribution in [2.75, 3.05) is 13.1 Å². The number of rotatable bonds is 3. The largest absolute Gasteiger partial charge is 0.341 e. The molecule has 0 aliphatic carbocycles. The first-order valence-electron chi connectivity index (χ1n) is 6.55. The van der Waals surface area contributed by atoms with Gasteiger partial charge < -0.3 is 9.47 Å². The summed E-state index contributed by atoms with van der Waals surface area (Å²) < 4.78 is 1.86. The van der Waals surface area contributed by atoms with E-state index in [1.54, 1.807) is 12.4 Å². The molecule has 2 aromatic heterocycles. The Morgan fingerprint density at radius 3 is 2.74 bits per heavy atom. The molecular formula is C14H16N4O. The maximum atomic E-state index is 12.2. The highest BCUT2D eigenvalue weighted by atomic mass is 16.2. The Hall–Kier alpha value is -2.17. The minimum Gasteiger partial charge on any atom is -0.341 e. The first-order valence-corrected chi connectivity index (χ1v) is 6.55. The van der Waals surface area contributed by atoms with Crippen LogP contribution in [0.5, 0.6) is 0 Å². The van der Waals surface area contributed by atoms with Crippen LogP contribution in [-0.4, -0.2) is 38.4 Å². The molecule has 0 radical (unpaired) electrons. The molecule has 0 unspecified atom stereocenters. The lowest BCUT2D eigenvalue weighted by molar-refractivity contribution is -0.130. The van der Waals surface area contributed by atoms with Crippen LogP contribution in [-0.2, 0) is 11.3 Å². The van der Waals surface area contributed by atoms with Crippen LogP contribution in [0.3, 0.4) is 0 Å². The fourth-order valence-corrected chi connectivity index (χ4v) is 2.38. The lowest BCUT2D eigenvalue weighted by Gasteiger charge is -2.16. The molecule has 1 fully saturated rings. The summed E-state index contributed by atoms with van der Waals surface area (Å²) in [4.78, 5) is 22.6. The number of aromatic nitrogens is 3. The second-order valence-electron chi connectivity index (χ2n) is 4.68. The Bertz CT molecular complexity index is 558. The number of amides is 1. The zero-order valence-corrected chi connectivity index (χ0v) is 10.7. The smallest absolute Gasteiger partial charge is 0.242 e. The van der Waals surface area contributed by atoms with Gasteiger partial charge in [0, 0.05) is 31.7 Å². The van der Waals surface area contributed by atoms with Crippen molar-refractivity contribution in [3.63, 3.8) is 0 Å². The maximum absolute atomic E-state index is 12.2. The van der Waals surface area contributed by atoms with Crippen LogP contribution in [0.25, 0.3) is 11.5 Å². The van der Waals surface area contributed by atoms with Gasteiger partial charge in [-0.2, -0.15) is 0 Å². The summed E-state index contributed by atoms with van der Waals surface area (Å²) in [5.41, 5.74) is 0.793. The maximum Gasteiger partial charge on any atom is 0.242 e. The molecule has 0 saturated carbocycles. The minimum atomic E-state index is 0.160. The van der Waals surface area contributed by atoms with Gasteiger partial charge in [0.05, 0.1) is 0 Å². The van der Waals surface area contributed by atoms with Crippen molar-refractivity contribution in [2.24, 2.45) is 0 Å². The molecule has 0 atom stereocenters. The molecular weight excluding hydrogens is 240 g/mol. The molecule has 5 heteroatoms. The zero-order chi connectivity index (χ0) is 13.1. The fourth-order valence-electron chi connectivity index (χ4n) is 2.38. The molecule has 19 heavy (non-hydrogen) atoms. The lowest BCUT2D eigenvalue weighted by Crippen LogP contribution is -2.31. The highest BCUT2D eigenvalue weighted by Crippen LogP contribution is 2.15. The highest BCUT2D eigenvalue weighted by molar-refractivity contribution is 5.76. The van der Waals surface area contributed by atoms with Crippen molar-refractivity contribution < 1.29 is 4.79 Å². The van der Waals surface area contributed by atoms with Crippen LogP contribution < -0.4 is 0 Å². The van der Waals surface area contributed by atoms with Crippen LogP contribution >= 0.6 is 0 Å². The lowest BCUT2D eigenvalue weighted by atomic mass is 10.3. The van der Waals surface area contributed by atoms with Gasteiger partial charge in [-0.05, 0) is 25.0 Å². The van der Waals surface area contributed by atoms with Gasteiger partial charge in [-0.3, -0.25) is 9.78 Å². The van der Waals surface area contributed by atoms with Crippen LogP contribution in [0, 0.1) is 0 Å². The third-order valence-corrected chi connectivity index (χ3v) is 3.37. The van der Waals surface area contributed by atoms with Crippen molar-refractivity contribution in [2.45, 2.75) is 19.4 Å². The molecule has 1 aliphatic rings. The van der Waals surface area contributed by atoms with Gasteiger partial charge in [0.25, 0.3) is 0 Å². The van der Waals surface area contributed by atoms with Crippen molar-refractivity contribution >= 4 is 5.91 Å². The Morgan fingerprint density at radius 2 is 2.00 bits per heavy atom. The molecule has 5 nitrogen and oxygen atoms in total. The van der Waals surface area contributed by atoms with E-state index in [4.69, 9.17) is 0 Å². The Morgan fingerprint density at radius 1 is 1.16 bits per heavy atom. The van der Waals surface area contributed by atoms with Crippen molar-refractivity contribution in [1.82, 2.24) is 19.4 Å². The van der Waals surface area contributed by atoms with Gasteiger partial charge >= 0.3 is 0 Å². The van der Waals surface area contributed by atoms with Gasteiger partial charge in [-0.25, -0.2) is 4.98 Å². The number of nitrogens with zero attached hydrogens (tertiary/aromatic N) is 4. The van der Waals surface area contributed by atoms with Gasteiger partial charge in [0.15, 0.2) is 5.82 Å². The fraction of sp³-hybridized carbons (Fsp3) is 0.357. The minimum absolute atomic E-state index is 0.160. The van der Waals surface area contributed by atoms with E-state index in [2.05, 4.69) is 9.97 Å². The summed E-state index contributed by atoms with van der Waals surface area (Å²) in [6.07, 6.45) is 7.50. The topological polar surface area (TPSA) is 51.0 Å². The van der Waals surface area contributed by atoms with E-state index in [-0.39, 0.29) is 5.91 Å². The number of carbonyl (C=O) groups is 1.